The molecule has 0 aromatic rings. The van der Waals surface area contributed by atoms with E-state index in [9.17, 15) is 0 Å². The van der Waals surface area contributed by atoms with E-state index >= 15 is 0 Å². The molecule has 1 unspecified atom stereocenters. The molecule has 0 aromatic heterocycles. The first-order valence-corrected chi connectivity index (χ1v) is 2.75. The second-order valence-electron chi connectivity index (χ2n) is 1.98. The second-order valence-corrected chi connectivity index (χ2v) is 1.98. The van der Waals surface area contributed by atoms with Gasteiger partial charge in [0.15, 0.2) is 0 Å². The number of rotatable bonds is 0. The Morgan fingerprint density at radius 1 is 1.78 bits per heavy atom. The van der Waals surface area contributed by atoms with Crippen LogP contribution in [0.4, 0.5) is 0 Å². The molecular formula is C5H10N4. The minimum atomic E-state index is 0.155. The maximum absolute atomic E-state index is 5.45. The Morgan fingerprint density at radius 3 is 2.89 bits per heavy atom. The van der Waals surface area contributed by atoms with E-state index in [1.807, 2.05) is 13.0 Å². The van der Waals surface area contributed by atoms with Gasteiger partial charge in [0.25, 0.3) is 0 Å². The minimum Gasteiger partial charge on any atom is -0.368 e. The lowest BCUT2D eigenvalue weighted by atomic mass is 10.3. The fraction of sp³-hybridized carbons (Fsp3) is 0.400. The normalized spacial score (nSPS) is 26.2. The maximum Gasteiger partial charge on any atom is 0.210 e. The van der Waals surface area contributed by atoms with Gasteiger partial charge in [-0.05, 0) is 13.0 Å². The summed E-state index contributed by atoms with van der Waals surface area (Å²) >= 11 is 0. The van der Waals surface area contributed by atoms with Crippen molar-refractivity contribution in [2.45, 2.75) is 13.0 Å². The standard InChI is InChI=1S/C5H10N4/c1-4-2-3-8-5(6)9(4)7/h2-4H,7H2,1H3,(H2,6,8). The van der Waals surface area contributed by atoms with Crippen LogP contribution in [-0.4, -0.2) is 17.0 Å². The Hall–Kier alpha value is -1.03. The number of guanidine groups is 1. The van der Waals surface area contributed by atoms with Crippen LogP contribution in [-0.2, 0) is 0 Å². The van der Waals surface area contributed by atoms with E-state index in [4.69, 9.17) is 11.6 Å². The SMILES string of the molecule is CC1C=CN=C(N)N1N. The molecule has 0 radical (unpaired) electrons. The summed E-state index contributed by atoms with van der Waals surface area (Å²) in [6.45, 7) is 1.94. The topological polar surface area (TPSA) is 67.6 Å². The van der Waals surface area contributed by atoms with Crippen LogP contribution in [0.1, 0.15) is 6.92 Å². The molecular weight excluding hydrogens is 116 g/mol. The van der Waals surface area contributed by atoms with Crippen LogP contribution in [0, 0.1) is 0 Å². The number of nitrogens with two attached hydrogens (primary N) is 2. The third-order valence-electron chi connectivity index (χ3n) is 1.27. The van der Waals surface area contributed by atoms with Gasteiger partial charge in [0.05, 0.1) is 6.04 Å². The van der Waals surface area contributed by atoms with Crippen molar-refractivity contribution in [2.75, 3.05) is 0 Å². The zero-order valence-electron chi connectivity index (χ0n) is 5.28. The van der Waals surface area contributed by atoms with Crippen LogP contribution in [0.3, 0.4) is 0 Å². The summed E-state index contributed by atoms with van der Waals surface area (Å²) in [6, 6.07) is 0.155. The van der Waals surface area contributed by atoms with E-state index in [0.717, 1.165) is 0 Å². The minimum absolute atomic E-state index is 0.155. The quantitative estimate of drug-likeness (QED) is 0.425. The lowest BCUT2D eigenvalue weighted by molar-refractivity contribution is 0.383. The lowest BCUT2D eigenvalue weighted by Crippen LogP contribution is -2.48. The average molecular weight is 126 g/mol. The molecule has 0 fully saturated rings. The van der Waals surface area contributed by atoms with Crippen molar-refractivity contribution in [1.29, 1.82) is 0 Å². The van der Waals surface area contributed by atoms with Gasteiger partial charge in [-0.2, -0.15) is 0 Å². The van der Waals surface area contributed by atoms with Crippen molar-refractivity contribution in [2.24, 2.45) is 16.6 Å². The van der Waals surface area contributed by atoms with Gasteiger partial charge >= 0.3 is 0 Å². The van der Waals surface area contributed by atoms with Gasteiger partial charge in [0.2, 0.25) is 5.96 Å². The van der Waals surface area contributed by atoms with Gasteiger partial charge in [0, 0.05) is 6.20 Å². The van der Waals surface area contributed by atoms with Crippen molar-refractivity contribution in [1.82, 2.24) is 5.01 Å². The van der Waals surface area contributed by atoms with Crippen LogP contribution in [0.5, 0.6) is 0 Å². The average Bonchev–Trinajstić information content (AvgIpc) is 1.83. The zero-order valence-corrected chi connectivity index (χ0v) is 5.28. The molecule has 1 atom stereocenters. The molecule has 9 heavy (non-hydrogen) atoms. The Kier molecular flexibility index (Phi) is 1.40. The third kappa shape index (κ3) is 1.02. The first kappa shape index (κ1) is 6.10. The highest BCUT2D eigenvalue weighted by Gasteiger charge is 2.10. The number of hydrazine groups is 1. The van der Waals surface area contributed by atoms with E-state index in [2.05, 4.69) is 4.99 Å². The number of hydrogen-bond acceptors (Lipinski definition) is 4. The highest BCUT2D eigenvalue weighted by Crippen LogP contribution is 1.99. The zero-order chi connectivity index (χ0) is 6.85. The molecule has 50 valence electrons. The third-order valence-corrected chi connectivity index (χ3v) is 1.27. The van der Waals surface area contributed by atoms with Crippen LogP contribution in [0.15, 0.2) is 17.3 Å². The van der Waals surface area contributed by atoms with Crippen molar-refractivity contribution in [3.05, 3.63) is 12.3 Å². The van der Waals surface area contributed by atoms with Crippen LogP contribution in [0.2, 0.25) is 0 Å². The van der Waals surface area contributed by atoms with E-state index < -0.39 is 0 Å². The molecule has 0 spiro atoms. The molecule has 0 aromatic carbocycles. The summed E-state index contributed by atoms with van der Waals surface area (Å²) in [5.41, 5.74) is 5.37. The van der Waals surface area contributed by atoms with Gasteiger partial charge in [-0.25, -0.2) is 10.8 Å². The molecule has 0 saturated carbocycles. The van der Waals surface area contributed by atoms with Gasteiger partial charge in [-0.1, -0.05) is 0 Å². The molecule has 0 bridgehead atoms. The maximum atomic E-state index is 5.45. The monoisotopic (exact) mass is 126 g/mol. The van der Waals surface area contributed by atoms with Crippen LogP contribution in [0.25, 0.3) is 0 Å². The smallest absolute Gasteiger partial charge is 0.210 e. The van der Waals surface area contributed by atoms with Crippen molar-refractivity contribution >= 4 is 5.96 Å². The molecule has 4 N–H and O–H groups in total. The number of hydrogen-bond donors (Lipinski definition) is 2. The molecule has 1 aliphatic rings. The van der Waals surface area contributed by atoms with Gasteiger partial charge in [-0.15, -0.1) is 0 Å². The Morgan fingerprint density at radius 2 is 2.44 bits per heavy atom. The summed E-state index contributed by atoms with van der Waals surface area (Å²) in [5.74, 6) is 5.81. The fourth-order valence-corrected chi connectivity index (χ4v) is 0.612. The molecule has 4 nitrogen and oxygen atoms in total. The van der Waals surface area contributed by atoms with E-state index in [-0.39, 0.29) is 6.04 Å². The van der Waals surface area contributed by atoms with Gasteiger partial charge in [-0.3, -0.25) is 5.01 Å². The summed E-state index contributed by atoms with van der Waals surface area (Å²) in [4.78, 5) is 3.78. The summed E-state index contributed by atoms with van der Waals surface area (Å²) in [6.07, 6.45) is 3.53. The molecule has 4 heteroatoms. The second kappa shape index (κ2) is 2.06. The van der Waals surface area contributed by atoms with Crippen molar-refractivity contribution in [3.63, 3.8) is 0 Å². The Labute approximate surface area is 53.8 Å². The number of aliphatic imine (C=N–C) groups is 1. The molecule has 1 heterocycles. The first-order chi connectivity index (χ1) is 4.22. The summed E-state index contributed by atoms with van der Waals surface area (Å²) < 4.78 is 0. The largest absolute Gasteiger partial charge is 0.368 e. The van der Waals surface area contributed by atoms with Gasteiger partial charge in [0.1, 0.15) is 0 Å². The fourth-order valence-electron chi connectivity index (χ4n) is 0.612. The predicted octanol–water partition coefficient (Wildman–Crippen LogP) is -0.607. The van der Waals surface area contributed by atoms with Crippen molar-refractivity contribution < 1.29 is 0 Å². The van der Waals surface area contributed by atoms with E-state index in [0.29, 0.717) is 5.96 Å². The highest BCUT2D eigenvalue weighted by molar-refractivity contribution is 5.79. The molecule has 0 aliphatic carbocycles. The molecule has 1 aliphatic heterocycles. The van der Waals surface area contributed by atoms with Crippen molar-refractivity contribution in [3.8, 4) is 0 Å². The van der Waals surface area contributed by atoms with E-state index in [1.165, 1.54) is 5.01 Å². The van der Waals surface area contributed by atoms with Crippen LogP contribution < -0.4 is 11.6 Å². The van der Waals surface area contributed by atoms with Crippen LogP contribution >= 0.6 is 0 Å². The van der Waals surface area contributed by atoms with E-state index in [1.54, 1.807) is 6.20 Å². The van der Waals surface area contributed by atoms with Gasteiger partial charge < -0.3 is 5.73 Å². The Bertz CT molecular complexity index is 160. The summed E-state index contributed by atoms with van der Waals surface area (Å²) in [5, 5.41) is 1.42. The Balaban J connectivity index is 2.73. The lowest BCUT2D eigenvalue weighted by Gasteiger charge is -2.24. The molecule has 1 rings (SSSR count). The first-order valence-electron chi connectivity index (χ1n) is 2.75. The molecule has 0 saturated heterocycles. The molecule has 0 amide bonds. The predicted molar refractivity (Wildman–Crippen MR) is 36.3 cm³/mol. The number of nitrogens with zero attached hydrogens (tertiary/aromatic N) is 2. The summed E-state index contributed by atoms with van der Waals surface area (Å²) in [7, 11) is 0. The highest BCUT2D eigenvalue weighted by atomic mass is 15.5.